The summed E-state index contributed by atoms with van der Waals surface area (Å²) in [5.74, 6) is 0. The van der Waals surface area contributed by atoms with E-state index in [1.165, 1.54) is 0 Å². The molecule has 0 bridgehead atoms. The maximum atomic E-state index is 5.70. The zero-order valence-corrected chi connectivity index (χ0v) is 15.1. The van der Waals surface area contributed by atoms with E-state index in [1.54, 1.807) is 0 Å². The molecule has 5 nitrogen and oxygen atoms in total. The largest absolute Gasteiger partial charge is 0.376 e. The highest BCUT2D eigenvalue weighted by Gasteiger charge is 2.24. The van der Waals surface area contributed by atoms with Crippen LogP contribution in [0.4, 0.5) is 0 Å². The second kappa shape index (κ2) is 8.60. The van der Waals surface area contributed by atoms with Gasteiger partial charge in [0.05, 0.1) is 25.4 Å². The van der Waals surface area contributed by atoms with E-state index in [0.717, 1.165) is 52.5 Å². The van der Waals surface area contributed by atoms with E-state index in [9.17, 15) is 0 Å². The molecule has 0 aromatic heterocycles. The van der Waals surface area contributed by atoms with Crippen LogP contribution >= 0.6 is 0 Å². The number of hydrogen-bond donors (Lipinski definition) is 0. The highest BCUT2D eigenvalue weighted by molar-refractivity contribution is 4.78. The van der Waals surface area contributed by atoms with Gasteiger partial charge < -0.3 is 14.4 Å². The van der Waals surface area contributed by atoms with Gasteiger partial charge in [-0.3, -0.25) is 9.80 Å². The Morgan fingerprint density at radius 1 is 0.818 bits per heavy atom. The Balaban J connectivity index is 1.66. The van der Waals surface area contributed by atoms with Gasteiger partial charge >= 0.3 is 0 Å². The lowest BCUT2D eigenvalue weighted by atomic mass is 10.2. The van der Waals surface area contributed by atoms with Gasteiger partial charge in [-0.25, -0.2) is 0 Å². The zero-order valence-electron chi connectivity index (χ0n) is 15.1. The molecule has 0 aromatic rings. The summed E-state index contributed by atoms with van der Waals surface area (Å²) < 4.78 is 11.4. The molecule has 4 atom stereocenters. The van der Waals surface area contributed by atoms with Crippen LogP contribution in [0.5, 0.6) is 0 Å². The molecule has 0 amide bonds. The van der Waals surface area contributed by atoms with Crippen molar-refractivity contribution in [2.45, 2.75) is 52.0 Å². The van der Waals surface area contributed by atoms with Gasteiger partial charge in [-0.1, -0.05) is 0 Å². The Kier molecular flexibility index (Phi) is 7.09. The summed E-state index contributed by atoms with van der Waals surface area (Å²) in [4.78, 5) is 7.58. The monoisotopic (exact) mass is 313 g/mol. The van der Waals surface area contributed by atoms with E-state index in [4.69, 9.17) is 9.47 Å². The zero-order chi connectivity index (χ0) is 16.1. The average Bonchev–Trinajstić information content (AvgIpc) is 2.49. The molecule has 0 spiro atoms. The fourth-order valence-electron chi connectivity index (χ4n) is 3.28. The van der Waals surface area contributed by atoms with Crippen LogP contribution in [0.15, 0.2) is 0 Å². The van der Waals surface area contributed by atoms with Crippen LogP contribution in [0.2, 0.25) is 0 Å². The summed E-state index contributed by atoms with van der Waals surface area (Å²) >= 11 is 0. The number of likely N-dealkylation sites (N-methyl/N-ethyl adjacent to an activating group) is 1. The van der Waals surface area contributed by atoms with Crippen LogP contribution in [0.25, 0.3) is 0 Å². The van der Waals surface area contributed by atoms with Gasteiger partial charge in [0.2, 0.25) is 0 Å². The maximum absolute atomic E-state index is 5.70. The van der Waals surface area contributed by atoms with E-state index < -0.39 is 0 Å². The van der Waals surface area contributed by atoms with Crippen LogP contribution in [-0.2, 0) is 9.47 Å². The molecule has 0 aromatic carbocycles. The second-order valence-corrected chi connectivity index (χ2v) is 7.28. The fraction of sp³-hybridized carbons (Fsp3) is 1.00. The van der Waals surface area contributed by atoms with E-state index in [-0.39, 0.29) is 0 Å². The Hall–Kier alpha value is -0.200. The molecule has 2 aliphatic rings. The Morgan fingerprint density at radius 3 is 1.64 bits per heavy atom. The molecule has 0 aliphatic carbocycles. The first-order valence-corrected chi connectivity index (χ1v) is 8.85. The molecule has 22 heavy (non-hydrogen) atoms. The van der Waals surface area contributed by atoms with Gasteiger partial charge in [0.25, 0.3) is 0 Å². The molecule has 0 N–H and O–H groups in total. The Labute approximate surface area is 136 Å². The van der Waals surface area contributed by atoms with Crippen molar-refractivity contribution in [3.63, 3.8) is 0 Å². The van der Waals surface area contributed by atoms with Crippen LogP contribution in [0, 0.1) is 0 Å². The third kappa shape index (κ3) is 5.46. The summed E-state index contributed by atoms with van der Waals surface area (Å²) in [6.07, 6.45) is 0.745. The molecular weight excluding hydrogens is 278 g/mol. The number of hydrogen-bond acceptors (Lipinski definition) is 5. The van der Waals surface area contributed by atoms with Crippen molar-refractivity contribution in [2.24, 2.45) is 0 Å². The van der Waals surface area contributed by atoms with Gasteiger partial charge in [0.1, 0.15) is 0 Å². The molecule has 2 aliphatic heterocycles. The lowest BCUT2D eigenvalue weighted by Gasteiger charge is -2.39. The van der Waals surface area contributed by atoms with Crippen molar-refractivity contribution in [3.8, 4) is 0 Å². The molecule has 4 unspecified atom stereocenters. The molecule has 0 radical (unpaired) electrons. The smallest absolute Gasteiger partial charge is 0.0674 e. The Bertz CT molecular complexity index is 299. The summed E-state index contributed by atoms with van der Waals surface area (Å²) in [7, 11) is 2.24. The van der Waals surface area contributed by atoms with Crippen molar-refractivity contribution in [2.75, 3.05) is 59.5 Å². The first kappa shape index (κ1) is 18.1. The average molecular weight is 313 g/mol. The first-order valence-electron chi connectivity index (χ1n) is 8.85. The standard InChI is InChI=1S/C17H35N3O2/c1-14-12-21-16(3)10-19(14)8-6-18(5)7-9-20-11-17(4)22-13-15(20)2/h14-17H,6-13H2,1-5H3. The van der Waals surface area contributed by atoms with Crippen LogP contribution in [0.3, 0.4) is 0 Å². The molecule has 2 saturated heterocycles. The SMILES string of the molecule is CC1CN(CCN(C)CCN2CC(C)OCC2C)C(C)CO1. The highest BCUT2D eigenvalue weighted by atomic mass is 16.5. The van der Waals surface area contributed by atoms with E-state index in [2.05, 4.69) is 49.4 Å². The summed E-state index contributed by atoms with van der Waals surface area (Å²) in [5, 5.41) is 0. The third-order valence-electron chi connectivity index (χ3n) is 5.01. The minimum atomic E-state index is 0.372. The van der Waals surface area contributed by atoms with Crippen molar-refractivity contribution in [3.05, 3.63) is 0 Å². The number of rotatable bonds is 6. The van der Waals surface area contributed by atoms with Crippen molar-refractivity contribution < 1.29 is 9.47 Å². The van der Waals surface area contributed by atoms with Crippen LogP contribution in [-0.4, -0.2) is 98.5 Å². The van der Waals surface area contributed by atoms with E-state index >= 15 is 0 Å². The lowest BCUT2D eigenvalue weighted by molar-refractivity contribution is -0.0552. The fourth-order valence-corrected chi connectivity index (χ4v) is 3.28. The van der Waals surface area contributed by atoms with Gasteiger partial charge in [0, 0.05) is 51.4 Å². The number of nitrogens with zero attached hydrogens (tertiary/aromatic N) is 3. The van der Waals surface area contributed by atoms with Gasteiger partial charge in [-0.2, -0.15) is 0 Å². The normalized spacial score (nSPS) is 35.2. The number of morpholine rings is 2. The number of ether oxygens (including phenoxy) is 2. The van der Waals surface area contributed by atoms with Gasteiger partial charge in [0.15, 0.2) is 0 Å². The maximum Gasteiger partial charge on any atom is 0.0674 e. The second-order valence-electron chi connectivity index (χ2n) is 7.28. The predicted molar refractivity (Wildman–Crippen MR) is 90.4 cm³/mol. The van der Waals surface area contributed by atoms with E-state index in [0.29, 0.717) is 24.3 Å². The molecule has 130 valence electrons. The summed E-state index contributed by atoms with van der Waals surface area (Å²) in [6, 6.07) is 1.09. The highest BCUT2D eigenvalue weighted by Crippen LogP contribution is 2.12. The summed E-state index contributed by atoms with van der Waals surface area (Å²) in [5.41, 5.74) is 0. The predicted octanol–water partition coefficient (Wildman–Crippen LogP) is 1.14. The van der Waals surface area contributed by atoms with Gasteiger partial charge in [-0.05, 0) is 34.7 Å². The quantitative estimate of drug-likeness (QED) is 0.733. The first-order chi connectivity index (χ1) is 10.5. The molecule has 5 heteroatoms. The van der Waals surface area contributed by atoms with Crippen molar-refractivity contribution >= 4 is 0 Å². The molecule has 2 heterocycles. The van der Waals surface area contributed by atoms with Crippen molar-refractivity contribution in [1.29, 1.82) is 0 Å². The van der Waals surface area contributed by atoms with Crippen molar-refractivity contribution in [1.82, 2.24) is 14.7 Å². The third-order valence-corrected chi connectivity index (χ3v) is 5.01. The molecule has 2 fully saturated rings. The minimum Gasteiger partial charge on any atom is -0.376 e. The molecule has 2 rings (SSSR count). The molecular formula is C17H35N3O2. The minimum absolute atomic E-state index is 0.372. The molecule has 0 saturated carbocycles. The van der Waals surface area contributed by atoms with E-state index in [1.807, 2.05) is 0 Å². The van der Waals surface area contributed by atoms with Crippen LogP contribution < -0.4 is 0 Å². The topological polar surface area (TPSA) is 28.2 Å². The van der Waals surface area contributed by atoms with Crippen LogP contribution in [0.1, 0.15) is 27.7 Å². The van der Waals surface area contributed by atoms with Gasteiger partial charge in [-0.15, -0.1) is 0 Å². The Morgan fingerprint density at radius 2 is 1.23 bits per heavy atom. The lowest BCUT2D eigenvalue weighted by Crippen LogP contribution is -2.51. The summed E-state index contributed by atoms with van der Waals surface area (Å²) in [6.45, 7) is 17.3.